The predicted octanol–water partition coefficient (Wildman–Crippen LogP) is 6.41. The van der Waals surface area contributed by atoms with Gasteiger partial charge in [0, 0.05) is 28.9 Å². The number of benzene rings is 4. The van der Waals surface area contributed by atoms with Crippen LogP contribution in [-0.2, 0) is 12.8 Å². The van der Waals surface area contributed by atoms with Crippen molar-refractivity contribution in [3.63, 3.8) is 0 Å². The van der Waals surface area contributed by atoms with Crippen LogP contribution in [-0.4, -0.2) is 32.1 Å². The molecule has 0 saturated carbocycles. The van der Waals surface area contributed by atoms with Crippen LogP contribution < -0.4 is 0 Å². The van der Waals surface area contributed by atoms with Crippen LogP contribution >= 0.6 is 0 Å². The minimum absolute atomic E-state index is 0.158. The van der Waals surface area contributed by atoms with E-state index in [1.165, 1.54) is 0 Å². The SMILES string of the molecule is CCc1ccc(O)c(-c2ccccc2O)c1.OCCCCc1ccc(O)c(-c2ccccc2O)c1. The Hall–Kier alpha value is -3.96. The minimum Gasteiger partial charge on any atom is -0.507 e. The van der Waals surface area contributed by atoms with E-state index in [0.29, 0.717) is 22.3 Å². The molecule has 0 spiro atoms. The molecule has 0 atom stereocenters. The van der Waals surface area contributed by atoms with Gasteiger partial charge in [-0.1, -0.05) is 55.5 Å². The van der Waals surface area contributed by atoms with Crippen LogP contribution in [0.15, 0.2) is 84.9 Å². The van der Waals surface area contributed by atoms with E-state index in [1.807, 2.05) is 36.4 Å². The van der Waals surface area contributed by atoms with Crippen molar-refractivity contribution in [2.75, 3.05) is 6.61 Å². The highest BCUT2D eigenvalue weighted by molar-refractivity contribution is 5.76. The van der Waals surface area contributed by atoms with Crippen LogP contribution in [0.5, 0.6) is 23.0 Å². The van der Waals surface area contributed by atoms with E-state index in [-0.39, 0.29) is 29.6 Å². The molecule has 0 radical (unpaired) electrons. The largest absolute Gasteiger partial charge is 0.507 e. The predicted molar refractivity (Wildman–Crippen MR) is 140 cm³/mol. The molecule has 0 amide bonds. The Kier molecular flexibility index (Phi) is 9.16. The molecule has 0 aliphatic carbocycles. The molecular weight excluding hydrogens is 440 g/mol. The summed E-state index contributed by atoms with van der Waals surface area (Å²) in [5.74, 6) is 0.697. The highest BCUT2D eigenvalue weighted by Gasteiger charge is 2.10. The van der Waals surface area contributed by atoms with Gasteiger partial charge in [0.05, 0.1) is 0 Å². The molecule has 4 aromatic carbocycles. The number of aryl methyl sites for hydroxylation is 2. The third-order valence-electron chi connectivity index (χ3n) is 5.79. The molecule has 35 heavy (non-hydrogen) atoms. The first-order valence-corrected chi connectivity index (χ1v) is 11.8. The van der Waals surface area contributed by atoms with Gasteiger partial charge in [-0.3, -0.25) is 0 Å². The Balaban J connectivity index is 0.000000198. The lowest BCUT2D eigenvalue weighted by Gasteiger charge is -2.09. The molecule has 0 heterocycles. The van der Waals surface area contributed by atoms with Gasteiger partial charge in [0.1, 0.15) is 23.0 Å². The van der Waals surface area contributed by atoms with Crippen LogP contribution in [0.2, 0.25) is 0 Å². The van der Waals surface area contributed by atoms with Gasteiger partial charge in [0.25, 0.3) is 0 Å². The maximum atomic E-state index is 9.93. The monoisotopic (exact) mass is 472 g/mol. The average molecular weight is 473 g/mol. The number of hydrogen-bond acceptors (Lipinski definition) is 5. The van der Waals surface area contributed by atoms with Crippen molar-refractivity contribution in [1.29, 1.82) is 0 Å². The fraction of sp³-hybridized carbons (Fsp3) is 0.200. The molecular formula is C30H32O5. The summed E-state index contributed by atoms with van der Waals surface area (Å²) in [4.78, 5) is 0. The van der Waals surface area contributed by atoms with Crippen molar-refractivity contribution in [1.82, 2.24) is 0 Å². The Morgan fingerprint density at radius 1 is 0.514 bits per heavy atom. The molecule has 0 aromatic heterocycles. The maximum absolute atomic E-state index is 9.93. The van der Waals surface area contributed by atoms with Crippen molar-refractivity contribution in [2.45, 2.75) is 32.6 Å². The summed E-state index contributed by atoms with van der Waals surface area (Å²) < 4.78 is 0. The van der Waals surface area contributed by atoms with Gasteiger partial charge in [-0.15, -0.1) is 0 Å². The van der Waals surface area contributed by atoms with E-state index in [4.69, 9.17) is 5.11 Å². The van der Waals surface area contributed by atoms with Crippen LogP contribution in [0.3, 0.4) is 0 Å². The van der Waals surface area contributed by atoms with E-state index in [1.54, 1.807) is 48.5 Å². The number of phenolic OH excluding ortho intramolecular Hbond substituents is 4. The highest BCUT2D eigenvalue weighted by Crippen LogP contribution is 2.36. The molecule has 5 N–H and O–H groups in total. The number of unbranched alkanes of at least 4 members (excludes halogenated alkanes) is 1. The van der Waals surface area contributed by atoms with E-state index < -0.39 is 0 Å². The van der Waals surface area contributed by atoms with Crippen LogP contribution in [0, 0.1) is 0 Å². The number of aliphatic hydroxyl groups excluding tert-OH is 1. The summed E-state index contributed by atoms with van der Waals surface area (Å²) in [6.07, 6.45) is 3.43. The Morgan fingerprint density at radius 3 is 1.46 bits per heavy atom. The fourth-order valence-electron chi connectivity index (χ4n) is 3.82. The zero-order chi connectivity index (χ0) is 25.2. The Morgan fingerprint density at radius 2 is 0.971 bits per heavy atom. The van der Waals surface area contributed by atoms with Crippen LogP contribution in [0.4, 0.5) is 0 Å². The van der Waals surface area contributed by atoms with Gasteiger partial charge in [0.15, 0.2) is 0 Å². The van der Waals surface area contributed by atoms with Crippen molar-refractivity contribution < 1.29 is 25.5 Å². The molecule has 4 rings (SSSR count). The molecule has 5 heteroatoms. The third-order valence-corrected chi connectivity index (χ3v) is 5.79. The second kappa shape index (κ2) is 12.5. The van der Waals surface area contributed by atoms with Gasteiger partial charge >= 0.3 is 0 Å². The van der Waals surface area contributed by atoms with Crippen LogP contribution in [0.25, 0.3) is 22.3 Å². The molecule has 5 nitrogen and oxygen atoms in total. The van der Waals surface area contributed by atoms with Gasteiger partial charge in [-0.2, -0.15) is 0 Å². The quantitative estimate of drug-likeness (QED) is 0.200. The van der Waals surface area contributed by atoms with Crippen molar-refractivity contribution in [3.8, 4) is 45.3 Å². The number of aliphatic hydroxyl groups is 1. The topological polar surface area (TPSA) is 101 Å². The zero-order valence-electron chi connectivity index (χ0n) is 19.9. The van der Waals surface area contributed by atoms with E-state index >= 15 is 0 Å². The van der Waals surface area contributed by atoms with Gasteiger partial charge < -0.3 is 25.5 Å². The molecule has 4 aromatic rings. The number of para-hydroxylation sites is 2. The zero-order valence-corrected chi connectivity index (χ0v) is 19.9. The molecule has 0 fully saturated rings. The Bertz CT molecular complexity index is 1250. The lowest BCUT2D eigenvalue weighted by atomic mass is 9.99. The lowest BCUT2D eigenvalue weighted by Crippen LogP contribution is -1.90. The number of rotatable bonds is 7. The van der Waals surface area contributed by atoms with Crippen LogP contribution in [0.1, 0.15) is 30.9 Å². The first-order chi connectivity index (χ1) is 16.9. The number of aromatic hydroxyl groups is 4. The molecule has 0 aliphatic rings. The first kappa shape index (κ1) is 25.7. The lowest BCUT2D eigenvalue weighted by molar-refractivity contribution is 0.284. The molecule has 0 unspecified atom stereocenters. The summed E-state index contributed by atoms with van der Waals surface area (Å²) in [5, 5.41) is 48.1. The first-order valence-electron chi connectivity index (χ1n) is 11.8. The normalized spacial score (nSPS) is 10.5. The average Bonchev–Trinajstić information content (AvgIpc) is 2.87. The summed E-state index contributed by atoms with van der Waals surface area (Å²) in [6, 6.07) is 24.9. The van der Waals surface area contributed by atoms with Gasteiger partial charge in [-0.25, -0.2) is 0 Å². The molecule has 0 bridgehead atoms. The van der Waals surface area contributed by atoms with E-state index in [2.05, 4.69) is 6.92 Å². The number of hydrogen-bond donors (Lipinski definition) is 5. The van der Waals surface area contributed by atoms with E-state index in [0.717, 1.165) is 36.8 Å². The highest BCUT2D eigenvalue weighted by atomic mass is 16.3. The second-order valence-electron chi connectivity index (χ2n) is 8.27. The van der Waals surface area contributed by atoms with Crippen molar-refractivity contribution >= 4 is 0 Å². The van der Waals surface area contributed by atoms with Crippen molar-refractivity contribution in [3.05, 3.63) is 96.1 Å². The maximum Gasteiger partial charge on any atom is 0.123 e. The fourth-order valence-corrected chi connectivity index (χ4v) is 3.82. The molecule has 0 saturated heterocycles. The summed E-state index contributed by atoms with van der Waals surface area (Å²) >= 11 is 0. The van der Waals surface area contributed by atoms with E-state index in [9.17, 15) is 20.4 Å². The molecule has 182 valence electrons. The summed E-state index contributed by atoms with van der Waals surface area (Å²) in [5.41, 5.74) is 4.83. The Labute approximate surface area is 206 Å². The number of phenols is 4. The van der Waals surface area contributed by atoms with Crippen molar-refractivity contribution in [2.24, 2.45) is 0 Å². The smallest absolute Gasteiger partial charge is 0.123 e. The minimum atomic E-state index is 0.158. The summed E-state index contributed by atoms with van der Waals surface area (Å²) in [7, 11) is 0. The standard InChI is InChI=1S/C16H18O3.C14H14O2/c17-10-4-3-5-12-8-9-16(19)14(11-12)13-6-1-2-7-15(13)18;1-2-10-7-8-14(16)12(9-10)11-5-3-4-6-13(11)15/h1-2,6-9,11,17-19H,3-5,10H2;3-9,15-16H,2H2,1H3. The third kappa shape index (κ3) is 6.78. The molecule has 0 aliphatic heterocycles. The summed E-state index contributed by atoms with van der Waals surface area (Å²) in [6.45, 7) is 2.26. The van der Waals surface area contributed by atoms with Gasteiger partial charge in [0.2, 0.25) is 0 Å². The second-order valence-corrected chi connectivity index (χ2v) is 8.27. The van der Waals surface area contributed by atoms with Gasteiger partial charge in [-0.05, 0) is 73.2 Å².